The molecule has 0 fully saturated rings. The second-order valence-electron chi connectivity index (χ2n) is 7.09. The van der Waals surface area contributed by atoms with E-state index in [1.807, 2.05) is 67.8 Å². The molecular formula is C25H19FNO+. The Morgan fingerprint density at radius 1 is 0.821 bits per heavy atom. The van der Waals surface area contributed by atoms with Crippen molar-refractivity contribution in [3.63, 3.8) is 0 Å². The molecule has 136 valence electrons. The number of halogens is 1. The van der Waals surface area contributed by atoms with Crippen molar-refractivity contribution in [3.05, 3.63) is 90.4 Å². The van der Waals surface area contributed by atoms with E-state index in [9.17, 15) is 4.39 Å². The first-order valence-corrected chi connectivity index (χ1v) is 9.30. The monoisotopic (exact) mass is 368 g/mol. The highest BCUT2D eigenvalue weighted by Crippen LogP contribution is 2.41. The minimum atomic E-state index is -0.277. The zero-order valence-corrected chi connectivity index (χ0v) is 15.7. The van der Waals surface area contributed by atoms with E-state index in [2.05, 4.69) is 23.6 Å². The molecule has 0 amide bonds. The van der Waals surface area contributed by atoms with Crippen molar-refractivity contribution in [2.45, 2.75) is 6.92 Å². The number of furan rings is 1. The first-order valence-electron chi connectivity index (χ1n) is 9.30. The second-order valence-corrected chi connectivity index (χ2v) is 7.09. The van der Waals surface area contributed by atoms with Crippen LogP contribution in [0.5, 0.6) is 0 Å². The van der Waals surface area contributed by atoms with Gasteiger partial charge in [0.05, 0.1) is 11.1 Å². The van der Waals surface area contributed by atoms with Crippen LogP contribution < -0.4 is 4.57 Å². The van der Waals surface area contributed by atoms with E-state index in [1.54, 1.807) is 0 Å². The van der Waals surface area contributed by atoms with Gasteiger partial charge in [-0.2, -0.15) is 0 Å². The van der Waals surface area contributed by atoms with Gasteiger partial charge < -0.3 is 4.42 Å². The molecule has 0 aliphatic rings. The zero-order valence-electron chi connectivity index (χ0n) is 15.7. The Morgan fingerprint density at radius 3 is 2.39 bits per heavy atom. The number of nitrogens with zero attached hydrogens (tertiary/aromatic N) is 1. The molecule has 5 rings (SSSR count). The molecule has 28 heavy (non-hydrogen) atoms. The van der Waals surface area contributed by atoms with Gasteiger partial charge in [-0.3, -0.25) is 0 Å². The summed E-state index contributed by atoms with van der Waals surface area (Å²) in [6, 6.07) is 23.1. The van der Waals surface area contributed by atoms with Crippen LogP contribution in [0.25, 0.3) is 44.3 Å². The summed E-state index contributed by atoms with van der Waals surface area (Å²) in [4.78, 5) is 0. The van der Waals surface area contributed by atoms with Crippen LogP contribution in [0.1, 0.15) is 5.56 Å². The molecular weight excluding hydrogens is 349 g/mol. The van der Waals surface area contributed by atoms with Gasteiger partial charge in [0, 0.05) is 22.9 Å². The molecule has 0 unspecified atom stereocenters. The zero-order chi connectivity index (χ0) is 19.3. The molecule has 0 radical (unpaired) electrons. The second kappa shape index (κ2) is 6.31. The maximum atomic E-state index is 14.8. The normalized spacial score (nSPS) is 11.4. The highest BCUT2D eigenvalue weighted by Gasteiger charge is 2.22. The fraction of sp³-hybridized carbons (Fsp3) is 0.0800. The van der Waals surface area contributed by atoms with Crippen LogP contribution in [0.3, 0.4) is 0 Å². The van der Waals surface area contributed by atoms with Crippen LogP contribution in [0.2, 0.25) is 0 Å². The Labute approximate surface area is 162 Å². The average Bonchev–Trinajstić information content (AvgIpc) is 3.08. The van der Waals surface area contributed by atoms with Crippen molar-refractivity contribution < 1.29 is 13.4 Å². The van der Waals surface area contributed by atoms with Gasteiger partial charge in [-0.05, 0) is 42.3 Å². The topological polar surface area (TPSA) is 17.0 Å². The number of hydrogen-bond donors (Lipinski definition) is 0. The highest BCUT2D eigenvalue weighted by atomic mass is 19.1. The third-order valence-electron chi connectivity index (χ3n) is 5.34. The lowest BCUT2D eigenvalue weighted by molar-refractivity contribution is -0.660. The predicted molar refractivity (Wildman–Crippen MR) is 110 cm³/mol. The van der Waals surface area contributed by atoms with Crippen molar-refractivity contribution in [1.82, 2.24) is 0 Å². The number of aromatic nitrogens is 1. The molecule has 2 aromatic heterocycles. The van der Waals surface area contributed by atoms with Gasteiger partial charge in [0.25, 0.3) is 0 Å². The third-order valence-corrected chi connectivity index (χ3v) is 5.34. The molecule has 0 aliphatic heterocycles. The fourth-order valence-corrected chi connectivity index (χ4v) is 4.00. The molecule has 0 saturated carbocycles. The summed E-state index contributed by atoms with van der Waals surface area (Å²) in [6.07, 6.45) is 2.03. The van der Waals surface area contributed by atoms with Gasteiger partial charge in [-0.15, -0.1) is 0 Å². The molecule has 3 aromatic carbocycles. The summed E-state index contributed by atoms with van der Waals surface area (Å²) in [5.41, 5.74) is 6.05. The van der Waals surface area contributed by atoms with Gasteiger partial charge in [0.1, 0.15) is 24.0 Å². The summed E-state index contributed by atoms with van der Waals surface area (Å²) >= 11 is 0. The summed E-state index contributed by atoms with van der Waals surface area (Å²) in [7, 11) is 2.03. The first-order chi connectivity index (χ1) is 13.6. The third kappa shape index (κ3) is 2.43. The maximum absolute atomic E-state index is 14.8. The standard InChI is InChI=1S/C25H19FNO/c1-16-11-14-21-24(22(16)20-10-6-7-15-27(20)2)18-12-13-19(26)23(25(18)28-21)17-8-4-3-5-9-17/h3-15H,1-2H3/q+1. The van der Waals surface area contributed by atoms with E-state index < -0.39 is 0 Å². The van der Waals surface area contributed by atoms with Crippen LogP contribution >= 0.6 is 0 Å². The van der Waals surface area contributed by atoms with Gasteiger partial charge in [-0.1, -0.05) is 36.4 Å². The summed E-state index contributed by atoms with van der Waals surface area (Å²) in [5, 5.41) is 1.95. The van der Waals surface area contributed by atoms with Crippen molar-refractivity contribution in [2.24, 2.45) is 7.05 Å². The smallest absolute Gasteiger partial charge is 0.213 e. The van der Waals surface area contributed by atoms with Crippen molar-refractivity contribution in [1.29, 1.82) is 0 Å². The largest absolute Gasteiger partial charge is 0.455 e. The van der Waals surface area contributed by atoms with Crippen molar-refractivity contribution in [3.8, 4) is 22.4 Å². The lowest BCUT2D eigenvalue weighted by Crippen LogP contribution is -2.30. The molecule has 3 heteroatoms. The maximum Gasteiger partial charge on any atom is 0.213 e. The summed E-state index contributed by atoms with van der Waals surface area (Å²) in [5.74, 6) is -0.277. The molecule has 0 saturated heterocycles. The Balaban J connectivity index is 1.94. The van der Waals surface area contributed by atoms with Crippen molar-refractivity contribution in [2.75, 3.05) is 0 Å². The number of benzene rings is 3. The molecule has 2 nitrogen and oxygen atoms in total. The molecule has 0 aliphatic carbocycles. The van der Waals surface area contributed by atoms with Crippen LogP contribution in [-0.2, 0) is 7.05 Å². The van der Waals surface area contributed by atoms with Gasteiger partial charge >= 0.3 is 0 Å². The molecule has 0 N–H and O–H groups in total. The number of hydrogen-bond acceptors (Lipinski definition) is 1. The minimum absolute atomic E-state index is 0.277. The Bertz CT molecular complexity index is 1340. The van der Waals surface area contributed by atoms with Gasteiger partial charge in [0.2, 0.25) is 5.69 Å². The molecule has 0 atom stereocenters. The highest BCUT2D eigenvalue weighted by molar-refractivity contribution is 6.15. The van der Waals surface area contributed by atoms with E-state index in [1.165, 1.54) is 6.07 Å². The van der Waals surface area contributed by atoms with E-state index in [4.69, 9.17) is 4.42 Å². The molecule has 0 bridgehead atoms. The Kier molecular flexibility index (Phi) is 3.76. The molecule has 5 aromatic rings. The summed E-state index contributed by atoms with van der Waals surface area (Å²) in [6.45, 7) is 2.10. The minimum Gasteiger partial charge on any atom is -0.455 e. The number of pyridine rings is 1. The molecule has 2 heterocycles. The fourth-order valence-electron chi connectivity index (χ4n) is 4.00. The van der Waals surface area contributed by atoms with Crippen LogP contribution in [0, 0.1) is 12.7 Å². The van der Waals surface area contributed by atoms with Crippen molar-refractivity contribution >= 4 is 21.9 Å². The number of aryl methyl sites for hydroxylation is 2. The van der Waals surface area contributed by atoms with E-state index in [0.29, 0.717) is 11.1 Å². The van der Waals surface area contributed by atoms with E-state index in [-0.39, 0.29) is 5.82 Å². The number of fused-ring (bicyclic) bond motifs is 3. The quantitative estimate of drug-likeness (QED) is 0.339. The Morgan fingerprint density at radius 2 is 1.61 bits per heavy atom. The first kappa shape index (κ1) is 16.7. The number of rotatable bonds is 2. The van der Waals surface area contributed by atoms with Crippen LogP contribution in [0.15, 0.2) is 83.4 Å². The molecule has 0 spiro atoms. The predicted octanol–water partition coefficient (Wildman–Crippen LogP) is 6.19. The lowest BCUT2D eigenvalue weighted by atomic mass is 9.96. The average molecular weight is 368 g/mol. The Hall–Kier alpha value is -3.46. The van der Waals surface area contributed by atoms with Gasteiger partial charge in [-0.25, -0.2) is 8.96 Å². The van der Waals surface area contributed by atoms with Gasteiger partial charge in [0.15, 0.2) is 6.20 Å². The summed E-state index contributed by atoms with van der Waals surface area (Å²) < 4.78 is 23.2. The van der Waals surface area contributed by atoms with Crippen LogP contribution in [0.4, 0.5) is 4.39 Å². The lowest BCUT2D eigenvalue weighted by Gasteiger charge is -2.06. The SMILES string of the molecule is Cc1ccc2oc3c(-c4ccccc4)c(F)ccc3c2c1-c1cccc[n+]1C. The van der Waals surface area contributed by atoms with E-state index >= 15 is 0 Å². The van der Waals surface area contributed by atoms with E-state index in [0.717, 1.165) is 38.7 Å². The van der Waals surface area contributed by atoms with Crippen LogP contribution in [-0.4, -0.2) is 0 Å².